The average Bonchev–Trinajstić information content (AvgIpc) is 0.923. The number of halogens is 3. The summed E-state index contributed by atoms with van der Waals surface area (Å²) in [4.78, 5) is 19.9. The van der Waals surface area contributed by atoms with Crippen molar-refractivity contribution in [1.29, 1.82) is 0 Å². The highest BCUT2D eigenvalue weighted by Gasteiger charge is 2.51. The van der Waals surface area contributed by atoms with Crippen molar-refractivity contribution >= 4 is 220 Å². The molecule has 8 nitrogen and oxygen atoms in total. The molecule has 0 aliphatic carbocycles. The second-order valence-electron chi connectivity index (χ2n) is 33.0. The number of nitrogens with zero attached hydrogens (tertiary/aromatic N) is 4. The quantitative estimate of drug-likeness (QED) is 0.0922. The summed E-state index contributed by atoms with van der Waals surface area (Å²) in [6.07, 6.45) is 0. The number of rotatable bonds is 7. The summed E-state index contributed by atoms with van der Waals surface area (Å²) in [5, 5.41) is 47.9. The smallest absolute Gasteiger partial charge is 0.423 e. The lowest BCUT2D eigenvalue weighted by Crippen LogP contribution is -2.41. The Kier molecular flexibility index (Phi) is 21.2. The Morgan fingerprint density at radius 1 is 0.270 bits per heavy atom. The van der Waals surface area contributed by atoms with Gasteiger partial charge < -0.3 is 19.4 Å². The SMILES string of the molecule is CC1(C)OB(c2ccc(-c3nc4ccccc4c4ccccc34)cc2)OC1(C)C.Clc1cc(-c2ccc(-c3nc4ccccc4c4ccccc34)cc2)nc2c1cc(-c1cc3ccccc3c3ccccc13)c1ccccc12.Clc1cc(Cl)c2cc(-c3cc4ccccc4c4ccccc34)c3ccccc3c2n1.OB(O)c1cc2ccccc2c2ccccc12.[B]. The van der Waals surface area contributed by atoms with Gasteiger partial charge in [-0.2, -0.15) is 0 Å². The molecule has 3 radical (unpaired) electrons. The van der Waals surface area contributed by atoms with Gasteiger partial charge in [-0.05, 0) is 196 Å². The molecule has 0 unspecified atom stereocenters. The predicted molar refractivity (Wildman–Crippen MR) is 536 cm³/mol. The topological polar surface area (TPSA) is 110 Å². The number of aromatic nitrogens is 4. The molecule has 19 aromatic carbocycles. The Balaban J connectivity index is 0.000000113. The number of hydrogen-bond donors (Lipinski definition) is 2. The summed E-state index contributed by atoms with van der Waals surface area (Å²) in [5.41, 5.74) is 15.3. The summed E-state index contributed by atoms with van der Waals surface area (Å²) in [7, 11) is -1.79. The van der Waals surface area contributed by atoms with Crippen LogP contribution in [0.25, 0.3) is 207 Å². The van der Waals surface area contributed by atoms with Gasteiger partial charge >= 0.3 is 14.2 Å². The van der Waals surface area contributed by atoms with E-state index in [2.05, 4.69) is 330 Å². The van der Waals surface area contributed by atoms with Crippen molar-refractivity contribution in [2.24, 2.45) is 0 Å². The number of pyridine rings is 4. The van der Waals surface area contributed by atoms with Crippen molar-refractivity contribution in [2.75, 3.05) is 0 Å². The number of para-hydroxylation sites is 2. The van der Waals surface area contributed by atoms with Crippen molar-refractivity contribution in [1.82, 2.24) is 19.9 Å². The van der Waals surface area contributed by atoms with Gasteiger partial charge in [0.15, 0.2) is 0 Å². The van der Waals surface area contributed by atoms with Crippen molar-refractivity contribution < 1.29 is 19.4 Å². The van der Waals surface area contributed by atoms with E-state index in [1.807, 2.05) is 78.9 Å². The highest BCUT2D eigenvalue weighted by Crippen LogP contribution is 2.47. The van der Waals surface area contributed by atoms with E-state index in [4.69, 9.17) is 59.1 Å². The lowest BCUT2D eigenvalue weighted by molar-refractivity contribution is 0.00578. The minimum absolute atomic E-state index is 0. The highest BCUT2D eigenvalue weighted by molar-refractivity contribution is 6.63. The van der Waals surface area contributed by atoms with Gasteiger partial charge in [0.1, 0.15) is 5.15 Å². The van der Waals surface area contributed by atoms with Crippen LogP contribution in [-0.4, -0.2) is 63.8 Å². The normalized spacial score (nSPS) is 12.9. The van der Waals surface area contributed by atoms with Crippen molar-refractivity contribution in [3.05, 3.63) is 397 Å². The van der Waals surface area contributed by atoms with E-state index in [0.29, 0.717) is 20.7 Å². The van der Waals surface area contributed by atoms with Crippen LogP contribution in [0, 0.1) is 0 Å². The van der Waals surface area contributed by atoms with E-state index in [1.165, 1.54) is 70.4 Å². The van der Waals surface area contributed by atoms with Crippen LogP contribution < -0.4 is 10.9 Å². The Hall–Kier alpha value is -13.7. The molecule has 599 valence electrons. The first kappa shape index (κ1) is 80.7. The Labute approximate surface area is 745 Å². The third kappa shape index (κ3) is 14.5. The van der Waals surface area contributed by atoms with Gasteiger partial charge in [0, 0.05) is 68.2 Å². The first-order chi connectivity index (χ1) is 61.0. The van der Waals surface area contributed by atoms with Gasteiger partial charge in [-0.1, -0.05) is 368 Å². The van der Waals surface area contributed by atoms with Gasteiger partial charge in [0.25, 0.3) is 0 Å². The Bertz CT molecular complexity index is 8290. The van der Waals surface area contributed by atoms with E-state index < -0.39 is 7.12 Å². The molecular formula is C112H77B3Cl3N4O4. The zero-order chi connectivity index (χ0) is 84.8. The average molecular weight is 1680 g/mol. The minimum Gasteiger partial charge on any atom is -0.423 e. The molecule has 1 fully saturated rings. The number of hydrogen-bond acceptors (Lipinski definition) is 8. The molecule has 1 saturated heterocycles. The van der Waals surface area contributed by atoms with E-state index in [0.717, 1.165) is 142 Å². The molecule has 126 heavy (non-hydrogen) atoms. The van der Waals surface area contributed by atoms with E-state index >= 15 is 0 Å². The molecule has 1 aliphatic rings. The molecule has 1 aliphatic heterocycles. The zero-order valence-corrected chi connectivity index (χ0v) is 71.5. The van der Waals surface area contributed by atoms with Crippen molar-refractivity contribution in [3.63, 3.8) is 0 Å². The zero-order valence-electron chi connectivity index (χ0n) is 69.2. The maximum absolute atomic E-state index is 9.44. The molecule has 4 aromatic heterocycles. The lowest BCUT2D eigenvalue weighted by Gasteiger charge is -2.32. The molecule has 24 rings (SSSR count). The molecule has 0 amide bonds. The highest BCUT2D eigenvalue weighted by atomic mass is 35.5. The third-order valence-electron chi connectivity index (χ3n) is 25.1. The van der Waals surface area contributed by atoms with Crippen molar-refractivity contribution in [3.8, 4) is 56.0 Å². The van der Waals surface area contributed by atoms with Gasteiger partial charge in [0.05, 0.1) is 60.4 Å². The standard InChI is InChI=1S/C46H27ClN2.C27H15Cl2N.C25H24BNO2.C14H11BO2.B/c47-42-27-44(28-21-23-29(24-22-28)45-37-18-7-5-15-34(37)36-17-9-10-20-43(36)48-45)49-46-38-19-8-6-16-35(38)40(26-41(42)46)39-25-30-11-1-2-12-31(30)32-13-3-4-14-33(32)39;28-25-15-26(29)30-27-21-12-6-5-11-20(21)23(14-24(25)27)22-13-16-7-1-2-8-17(16)18-9-3-4-10-19(18)22;1-24(2)25(3,4)29-26(28-24)18-15-13-17(14-16-18)23-21-11-6-5-9-19(21)20-10-7-8-12-22(20)27-23;16-15(17)14-9-10-5-1-2-6-11(10)12-7-3-4-8-13(12)14;/h1-27H;1-15H;5-16H,1-4H3;1-9,16-17H;. The minimum atomic E-state index is -1.44. The summed E-state index contributed by atoms with van der Waals surface area (Å²) < 4.78 is 12.4. The summed E-state index contributed by atoms with van der Waals surface area (Å²) in [5.74, 6) is 0. The molecule has 0 bridgehead atoms. The van der Waals surface area contributed by atoms with Gasteiger partial charge in [-0.15, -0.1) is 0 Å². The van der Waals surface area contributed by atoms with Crippen LogP contribution in [0.3, 0.4) is 0 Å². The molecule has 0 spiro atoms. The van der Waals surface area contributed by atoms with Crippen LogP contribution in [0.5, 0.6) is 0 Å². The molecule has 0 saturated carbocycles. The van der Waals surface area contributed by atoms with Crippen LogP contribution in [0.4, 0.5) is 0 Å². The third-order valence-corrected chi connectivity index (χ3v) is 25.9. The maximum atomic E-state index is 9.44. The van der Waals surface area contributed by atoms with Crippen molar-refractivity contribution in [2.45, 2.75) is 38.9 Å². The molecule has 23 aromatic rings. The van der Waals surface area contributed by atoms with E-state index in [-0.39, 0.29) is 26.7 Å². The fourth-order valence-corrected chi connectivity index (χ4v) is 19.0. The molecule has 5 heterocycles. The predicted octanol–water partition coefficient (Wildman–Crippen LogP) is 28.4. The first-order valence-corrected chi connectivity index (χ1v) is 43.1. The fourth-order valence-electron chi connectivity index (χ4n) is 18.3. The fraction of sp³-hybridized carbons (Fsp3) is 0.0536. The second-order valence-corrected chi connectivity index (χ2v) is 34.2. The van der Waals surface area contributed by atoms with Crippen LogP contribution in [0.15, 0.2) is 382 Å². The maximum Gasteiger partial charge on any atom is 0.494 e. The molecule has 2 N–H and O–H groups in total. The molecule has 0 atom stereocenters. The number of benzene rings is 19. The van der Waals surface area contributed by atoms with E-state index in [9.17, 15) is 10.0 Å². The largest absolute Gasteiger partial charge is 0.494 e. The first-order valence-electron chi connectivity index (χ1n) is 41.9. The van der Waals surface area contributed by atoms with Gasteiger partial charge in [0.2, 0.25) is 0 Å². The van der Waals surface area contributed by atoms with E-state index in [1.54, 1.807) is 6.07 Å². The summed E-state index contributed by atoms with van der Waals surface area (Å²) >= 11 is 20.0. The van der Waals surface area contributed by atoms with Gasteiger partial charge in [-0.25, -0.2) is 19.9 Å². The summed E-state index contributed by atoms with van der Waals surface area (Å²) in [6.45, 7) is 8.30. The number of fused-ring (bicyclic) bond motifs is 21. The second kappa shape index (κ2) is 33.1. The molecular weight excluding hydrogens is 1600 g/mol. The lowest BCUT2D eigenvalue weighted by atomic mass is 9.76. The monoisotopic (exact) mass is 1680 g/mol. The molecule has 14 heteroatoms. The van der Waals surface area contributed by atoms with Gasteiger partial charge in [-0.3, -0.25) is 0 Å². The Morgan fingerprint density at radius 2 is 0.571 bits per heavy atom. The summed E-state index contributed by atoms with van der Waals surface area (Å²) in [6, 6.07) is 132. The van der Waals surface area contributed by atoms with Crippen LogP contribution in [-0.2, 0) is 9.31 Å². The Morgan fingerprint density at radius 3 is 1.00 bits per heavy atom. The van der Waals surface area contributed by atoms with Crippen LogP contribution >= 0.6 is 34.8 Å². The van der Waals surface area contributed by atoms with Crippen LogP contribution in [0.2, 0.25) is 15.2 Å². The van der Waals surface area contributed by atoms with Crippen LogP contribution in [0.1, 0.15) is 27.7 Å².